The zero-order valence-electron chi connectivity index (χ0n) is 21.5. The van der Waals surface area contributed by atoms with Crippen LogP contribution in [-0.4, -0.2) is 59.1 Å². The molecular formula is C27H31N7O4. The number of piperidine rings is 1. The van der Waals surface area contributed by atoms with E-state index in [1.807, 2.05) is 31.2 Å². The van der Waals surface area contributed by atoms with Crippen LogP contribution < -0.4 is 15.8 Å². The molecule has 4 heterocycles. The third-order valence-corrected chi connectivity index (χ3v) is 6.79. The Bertz CT molecular complexity index is 1420. The zero-order chi connectivity index (χ0) is 26.7. The number of aliphatic imine (C=N–C) groups is 1. The van der Waals surface area contributed by atoms with Gasteiger partial charge in [-0.1, -0.05) is 6.58 Å². The van der Waals surface area contributed by atoms with Gasteiger partial charge in [0.25, 0.3) is 0 Å². The van der Waals surface area contributed by atoms with Crippen molar-refractivity contribution in [3.63, 3.8) is 0 Å². The summed E-state index contributed by atoms with van der Waals surface area (Å²) in [5.41, 5.74) is 8.59. The second kappa shape index (κ2) is 10.5. The summed E-state index contributed by atoms with van der Waals surface area (Å²) in [6.07, 6.45) is 6.01. The van der Waals surface area contributed by atoms with Gasteiger partial charge >= 0.3 is 6.09 Å². The number of imidazole rings is 1. The van der Waals surface area contributed by atoms with E-state index in [4.69, 9.17) is 19.9 Å². The molecule has 38 heavy (non-hydrogen) atoms. The minimum absolute atomic E-state index is 0.409. The van der Waals surface area contributed by atoms with Crippen LogP contribution in [0.4, 0.5) is 10.6 Å². The highest BCUT2D eigenvalue weighted by atomic mass is 16.6. The van der Waals surface area contributed by atoms with Gasteiger partial charge in [-0.05, 0) is 30.7 Å². The summed E-state index contributed by atoms with van der Waals surface area (Å²) in [4.78, 5) is 30.9. The normalized spacial score (nSPS) is 16.9. The summed E-state index contributed by atoms with van der Waals surface area (Å²) in [6, 6.07) is 7.62. The molecule has 0 aliphatic carbocycles. The summed E-state index contributed by atoms with van der Waals surface area (Å²) in [5, 5.41) is 2.68. The summed E-state index contributed by atoms with van der Waals surface area (Å²) in [6.45, 7) is 7.83. The fraction of sp³-hybridized carbons (Fsp3) is 0.333. The minimum Gasteiger partial charge on any atom is -0.458 e. The molecule has 11 heteroatoms. The van der Waals surface area contributed by atoms with Crippen molar-refractivity contribution >= 4 is 29.3 Å². The third-order valence-electron chi connectivity index (χ3n) is 6.79. The first-order valence-electron chi connectivity index (χ1n) is 12.4. The van der Waals surface area contributed by atoms with E-state index >= 15 is 0 Å². The number of hydrogen-bond donors (Lipinski definition) is 3. The Balaban J connectivity index is 1.31. The van der Waals surface area contributed by atoms with Crippen molar-refractivity contribution in [2.75, 3.05) is 32.1 Å². The number of allylic oxidation sites excluding steroid dienone is 1. The highest BCUT2D eigenvalue weighted by molar-refractivity contribution is 5.87. The molecule has 2 aliphatic heterocycles. The number of aromatic nitrogens is 3. The molecule has 0 radical (unpaired) electrons. The number of amides is 1. The number of methoxy groups -OCH3 is 1. The molecule has 1 aromatic carbocycles. The van der Waals surface area contributed by atoms with Crippen molar-refractivity contribution in [3.8, 4) is 5.75 Å². The second-order valence-corrected chi connectivity index (χ2v) is 9.31. The monoisotopic (exact) mass is 517 g/mol. The minimum atomic E-state index is -0.730. The Morgan fingerprint density at radius 3 is 2.95 bits per heavy atom. The average Bonchev–Trinajstić information content (AvgIpc) is 3.31. The quantitative estimate of drug-likeness (QED) is 0.178. The van der Waals surface area contributed by atoms with Gasteiger partial charge in [-0.2, -0.15) is 0 Å². The molecule has 0 bridgehead atoms. The molecule has 4 N–H and O–H groups in total. The van der Waals surface area contributed by atoms with Crippen LogP contribution in [-0.2, 0) is 21.5 Å². The lowest BCUT2D eigenvalue weighted by Gasteiger charge is -2.44. The molecule has 198 valence electrons. The molecule has 1 saturated heterocycles. The van der Waals surface area contributed by atoms with E-state index in [2.05, 4.69) is 36.7 Å². The number of likely N-dealkylation sites (tertiary alicyclic amines) is 1. The highest BCUT2D eigenvalue weighted by Crippen LogP contribution is 2.43. The number of nitrogens with one attached hydrogen (secondary N) is 2. The lowest BCUT2D eigenvalue weighted by atomic mass is 9.83. The molecule has 0 atom stereocenters. The van der Waals surface area contributed by atoms with Gasteiger partial charge in [-0.3, -0.25) is 5.32 Å². The van der Waals surface area contributed by atoms with Crippen LogP contribution >= 0.6 is 0 Å². The van der Waals surface area contributed by atoms with E-state index in [-0.39, 0.29) is 0 Å². The molecule has 3 aromatic rings. The predicted molar refractivity (Wildman–Crippen MR) is 144 cm³/mol. The van der Waals surface area contributed by atoms with Gasteiger partial charge in [0, 0.05) is 63.4 Å². The fourth-order valence-electron chi connectivity index (χ4n) is 4.99. The summed E-state index contributed by atoms with van der Waals surface area (Å²) in [5.74, 6) is 3.07. The van der Waals surface area contributed by atoms with Crippen molar-refractivity contribution in [3.05, 3.63) is 71.6 Å². The highest BCUT2D eigenvalue weighted by Gasteiger charge is 2.45. The Labute approximate surface area is 220 Å². The zero-order valence-corrected chi connectivity index (χ0v) is 21.5. The van der Waals surface area contributed by atoms with Gasteiger partial charge in [-0.25, -0.2) is 19.8 Å². The predicted octanol–water partition coefficient (Wildman–Crippen LogP) is 3.73. The van der Waals surface area contributed by atoms with Crippen molar-refractivity contribution in [2.24, 2.45) is 10.7 Å². The molecule has 1 amide bonds. The number of H-pyrrole nitrogens is 1. The van der Waals surface area contributed by atoms with Crippen molar-refractivity contribution < 1.29 is 19.0 Å². The number of benzene rings is 1. The molecule has 2 aliphatic rings. The van der Waals surface area contributed by atoms with Gasteiger partial charge in [-0.15, -0.1) is 0 Å². The Hall–Kier alpha value is -4.38. The third kappa shape index (κ3) is 5.05. The standard InChI is InChI=1S/C27H31N7O4/c1-17-13-19(15-21-24(17)32-22(31-21)6-12-36-3)37-18(2)14-23(30-16-28)34-10-7-27(8-11-34)20-5-4-9-29-25(20)33-26(35)38-27/h4-5,9,13-16H,2,6-8,10-12H2,1,3H3,(H2,28,30)(H,31,32)(H,29,33,35)/b23-14+. The van der Waals surface area contributed by atoms with Crippen molar-refractivity contribution in [1.82, 2.24) is 19.9 Å². The van der Waals surface area contributed by atoms with Crippen LogP contribution in [0.3, 0.4) is 0 Å². The maximum Gasteiger partial charge on any atom is 0.413 e. The molecule has 2 aromatic heterocycles. The van der Waals surface area contributed by atoms with Crippen LogP contribution in [0.2, 0.25) is 0 Å². The number of aromatic amines is 1. The number of ether oxygens (including phenoxy) is 3. The number of carbonyl (C=O) groups excluding carboxylic acids is 1. The van der Waals surface area contributed by atoms with Crippen LogP contribution in [0.5, 0.6) is 5.75 Å². The summed E-state index contributed by atoms with van der Waals surface area (Å²) >= 11 is 0. The molecule has 11 nitrogen and oxygen atoms in total. The Morgan fingerprint density at radius 1 is 1.37 bits per heavy atom. The topological polar surface area (TPSA) is 140 Å². The first-order chi connectivity index (χ1) is 18.4. The number of carbonyl (C=O) groups is 1. The fourth-order valence-corrected chi connectivity index (χ4v) is 4.99. The number of nitrogens with two attached hydrogens (primary N) is 1. The molecule has 5 rings (SSSR count). The first-order valence-corrected chi connectivity index (χ1v) is 12.4. The van der Waals surface area contributed by atoms with Crippen molar-refractivity contribution in [2.45, 2.75) is 31.8 Å². The smallest absolute Gasteiger partial charge is 0.413 e. The van der Waals surface area contributed by atoms with E-state index < -0.39 is 11.7 Å². The average molecular weight is 518 g/mol. The van der Waals surface area contributed by atoms with Gasteiger partial charge in [0.05, 0.1) is 24.0 Å². The van der Waals surface area contributed by atoms with Crippen LogP contribution in [0.15, 0.2) is 59.7 Å². The molecule has 1 spiro atoms. The Kier molecular flexibility index (Phi) is 7.01. The Morgan fingerprint density at radius 2 is 2.18 bits per heavy atom. The number of aryl methyl sites for hydroxylation is 1. The van der Waals surface area contributed by atoms with Gasteiger partial charge in [0.2, 0.25) is 0 Å². The largest absolute Gasteiger partial charge is 0.458 e. The number of nitrogens with zero attached hydrogens (tertiary/aromatic N) is 4. The lowest BCUT2D eigenvalue weighted by molar-refractivity contribution is -0.0325. The van der Waals surface area contributed by atoms with E-state index in [1.165, 1.54) is 6.34 Å². The van der Waals surface area contributed by atoms with E-state index in [9.17, 15) is 4.79 Å². The summed E-state index contributed by atoms with van der Waals surface area (Å²) < 4.78 is 17.0. The summed E-state index contributed by atoms with van der Waals surface area (Å²) in [7, 11) is 1.67. The molecular weight excluding hydrogens is 486 g/mol. The maximum atomic E-state index is 12.2. The molecule has 0 saturated carbocycles. The van der Waals surface area contributed by atoms with Crippen molar-refractivity contribution in [1.29, 1.82) is 0 Å². The van der Waals surface area contributed by atoms with E-state index in [1.54, 1.807) is 19.4 Å². The molecule has 1 fully saturated rings. The number of hydrogen-bond acceptors (Lipinski definition) is 8. The van der Waals surface area contributed by atoms with Gasteiger partial charge < -0.3 is 29.8 Å². The van der Waals surface area contributed by atoms with Crippen LogP contribution in [0, 0.1) is 6.92 Å². The van der Waals surface area contributed by atoms with Gasteiger partial charge in [0.15, 0.2) is 0 Å². The van der Waals surface area contributed by atoms with Crippen LogP contribution in [0.1, 0.15) is 29.8 Å². The number of anilines is 1. The SMILES string of the molecule is C=C(/C=C(\N=C/N)N1CCC2(CC1)OC(=O)Nc1ncccc12)Oc1cc(C)c2nc(CCOC)[nH]c2c1. The second-order valence-electron chi connectivity index (χ2n) is 9.31. The first kappa shape index (κ1) is 25.3. The van der Waals surface area contributed by atoms with Crippen LogP contribution in [0.25, 0.3) is 11.0 Å². The number of fused-ring (bicyclic) bond motifs is 3. The number of pyridine rings is 1. The van der Waals surface area contributed by atoms with Gasteiger partial charge in [0.1, 0.15) is 34.6 Å². The molecule has 0 unspecified atom stereocenters. The van der Waals surface area contributed by atoms with E-state index in [0.29, 0.717) is 62.1 Å². The number of rotatable bonds is 8. The maximum absolute atomic E-state index is 12.2. The van der Waals surface area contributed by atoms with E-state index in [0.717, 1.165) is 28.0 Å². The lowest BCUT2D eigenvalue weighted by Crippen LogP contribution is -2.48.